The number of aromatic amines is 1. The Morgan fingerprint density at radius 3 is 2.84 bits per heavy atom. The van der Waals surface area contributed by atoms with Gasteiger partial charge in [0, 0.05) is 29.1 Å². The van der Waals surface area contributed by atoms with Crippen LogP contribution < -0.4 is 5.32 Å². The number of fused-ring (bicyclic) bond motifs is 3. The Hall–Kier alpha value is -1.52. The molecule has 0 bridgehead atoms. The first-order valence-electron chi connectivity index (χ1n) is 6.14. The summed E-state index contributed by atoms with van der Waals surface area (Å²) in [7, 11) is 1.43. The van der Waals surface area contributed by atoms with Gasteiger partial charge >= 0.3 is 5.97 Å². The molecule has 2 N–H and O–H groups in total. The van der Waals surface area contributed by atoms with Crippen LogP contribution in [0, 0.1) is 0 Å². The van der Waals surface area contributed by atoms with Crippen molar-refractivity contribution in [2.24, 2.45) is 0 Å². The molecular formula is C14H17ClN2O2. The number of hydrogen-bond donors (Lipinski definition) is 2. The van der Waals surface area contributed by atoms with Crippen LogP contribution in [-0.2, 0) is 16.0 Å². The SMILES string of the molecule is COC(=O)[C@@H]1Cc2c([nH]c3ccccc23)[C@H](C)N1.Cl. The summed E-state index contributed by atoms with van der Waals surface area (Å²) in [4.78, 5) is 15.1. The molecule has 0 saturated heterocycles. The molecule has 2 heterocycles. The van der Waals surface area contributed by atoms with Gasteiger partial charge in [0.05, 0.1) is 7.11 Å². The van der Waals surface area contributed by atoms with E-state index < -0.39 is 0 Å². The van der Waals surface area contributed by atoms with Crippen molar-refractivity contribution in [3.8, 4) is 0 Å². The van der Waals surface area contributed by atoms with Crippen LogP contribution in [0.15, 0.2) is 24.3 Å². The molecule has 4 nitrogen and oxygen atoms in total. The molecule has 19 heavy (non-hydrogen) atoms. The molecule has 102 valence electrons. The molecule has 0 fully saturated rings. The minimum absolute atomic E-state index is 0. The fourth-order valence-electron chi connectivity index (χ4n) is 2.75. The number of para-hydroxylation sites is 1. The molecule has 2 aromatic rings. The first kappa shape index (κ1) is 13.9. The molecule has 0 amide bonds. The van der Waals surface area contributed by atoms with Crippen LogP contribution in [0.4, 0.5) is 0 Å². The maximum atomic E-state index is 11.7. The summed E-state index contributed by atoms with van der Waals surface area (Å²) in [6, 6.07) is 8.07. The van der Waals surface area contributed by atoms with Crippen LogP contribution in [0.25, 0.3) is 10.9 Å². The summed E-state index contributed by atoms with van der Waals surface area (Å²) >= 11 is 0. The summed E-state index contributed by atoms with van der Waals surface area (Å²) in [5, 5.41) is 4.48. The molecule has 1 aromatic carbocycles. The van der Waals surface area contributed by atoms with Crippen LogP contribution in [-0.4, -0.2) is 24.1 Å². The minimum Gasteiger partial charge on any atom is -0.468 e. The molecule has 3 rings (SSSR count). The number of carbonyl (C=O) groups is 1. The quantitative estimate of drug-likeness (QED) is 0.789. The van der Waals surface area contributed by atoms with E-state index in [1.165, 1.54) is 23.8 Å². The lowest BCUT2D eigenvalue weighted by Gasteiger charge is -2.27. The van der Waals surface area contributed by atoms with Gasteiger partial charge in [-0.25, -0.2) is 0 Å². The first-order chi connectivity index (χ1) is 8.70. The molecule has 1 aromatic heterocycles. The van der Waals surface area contributed by atoms with Gasteiger partial charge in [-0.2, -0.15) is 0 Å². The van der Waals surface area contributed by atoms with Crippen LogP contribution in [0.5, 0.6) is 0 Å². The Morgan fingerprint density at radius 1 is 1.37 bits per heavy atom. The zero-order chi connectivity index (χ0) is 12.7. The van der Waals surface area contributed by atoms with E-state index in [0.717, 1.165) is 5.52 Å². The normalized spacial score (nSPS) is 21.6. The average Bonchev–Trinajstić information content (AvgIpc) is 2.77. The number of H-pyrrole nitrogens is 1. The molecule has 0 unspecified atom stereocenters. The number of carbonyl (C=O) groups excluding carboxylic acids is 1. The third kappa shape index (κ3) is 2.22. The topological polar surface area (TPSA) is 54.1 Å². The van der Waals surface area contributed by atoms with Gasteiger partial charge in [0.2, 0.25) is 0 Å². The van der Waals surface area contributed by atoms with Gasteiger partial charge in [0.15, 0.2) is 0 Å². The first-order valence-corrected chi connectivity index (χ1v) is 6.14. The smallest absolute Gasteiger partial charge is 0.323 e. The van der Waals surface area contributed by atoms with Gasteiger partial charge < -0.3 is 9.72 Å². The van der Waals surface area contributed by atoms with Gasteiger partial charge in [-0.15, -0.1) is 12.4 Å². The lowest BCUT2D eigenvalue weighted by molar-refractivity contribution is -0.143. The van der Waals surface area contributed by atoms with Gasteiger partial charge in [-0.1, -0.05) is 18.2 Å². The van der Waals surface area contributed by atoms with Crippen molar-refractivity contribution in [3.05, 3.63) is 35.5 Å². The number of esters is 1. The number of halogens is 1. The Kier molecular flexibility index (Phi) is 3.83. The van der Waals surface area contributed by atoms with E-state index in [1.54, 1.807) is 0 Å². The lowest BCUT2D eigenvalue weighted by Crippen LogP contribution is -2.44. The minimum atomic E-state index is -0.253. The van der Waals surface area contributed by atoms with Crippen molar-refractivity contribution in [3.63, 3.8) is 0 Å². The highest BCUT2D eigenvalue weighted by molar-refractivity contribution is 5.87. The Bertz CT molecular complexity index is 609. The maximum Gasteiger partial charge on any atom is 0.323 e. The molecule has 0 spiro atoms. The molecule has 1 aliphatic heterocycles. The molecule has 0 saturated carbocycles. The second-order valence-electron chi connectivity index (χ2n) is 4.73. The third-order valence-electron chi connectivity index (χ3n) is 3.62. The number of ether oxygens (including phenoxy) is 1. The van der Waals surface area contributed by atoms with E-state index in [9.17, 15) is 4.79 Å². The predicted molar refractivity (Wildman–Crippen MR) is 76.6 cm³/mol. The van der Waals surface area contributed by atoms with E-state index in [1.807, 2.05) is 12.1 Å². The standard InChI is InChI=1S/C14H16N2O2.ClH/c1-8-13-10(7-12(15-8)14(17)18-2)9-5-3-4-6-11(9)16-13;/h3-6,8,12,15-16H,7H2,1-2H3;1H/t8-,12-;/m0./s1. The summed E-state index contributed by atoms with van der Waals surface area (Å²) in [5.74, 6) is -0.196. The number of aromatic nitrogens is 1. The Balaban J connectivity index is 0.00000133. The van der Waals surface area contributed by atoms with Crippen molar-refractivity contribution >= 4 is 29.3 Å². The second-order valence-corrected chi connectivity index (χ2v) is 4.73. The van der Waals surface area contributed by atoms with Gasteiger partial charge in [0.1, 0.15) is 6.04 Å². The maximum absolute atomic E-state index is 11.7. The van der Waals surface area contributed by atoms with Gasteiger partial charge in [0.25, 0.3) is 0 Å². The number of hydrogen-bond acceptors (Lipinski definition) is 3. The zero-order valence-electron chi connectivity index (χ0n) is 10.9. The van der Waals surface area contributed by atoms with E-state index >= 15 is 0 Å². The van der Waals surface area contributed by atoms with E-state index in [2.05, 4.69) is 29.4 Å². The molecule has 0 radical (unpaired) electrons. The largest absolute Gasteiger partial charge is 0.468 e. The van der Waals surface area contributed by atoms with Crippen molar-refractivity contribution in [2.75, 3.05) is 7.11 Å². The summed E-state index contributed by atoms with van der Waals surface area (Å²) < 4.78 is 4.83. The second kappa shape index (κ2) is 5.23. The summed E-state index contributed by atoms with van der Waals surface area (Å²) in [6.07, 6.45) is 0.677. The summed E-state index contributed by atoms with van der Waals surface area (Å²) in [6.45, 7) is 2.06. The molecular weight excluding hydrogens is 264 g/mol. The fourth-order valence-corrected chi connectivity index (χ4v) is 2.75. The number of nitrogens with one attached hydrogen (secondary N) is 2. The number of methoxy groups -OCH3 is 1. The Labute approximate surface area is 117 Å². The fraction of sp³-hybridized carbons (Fsp3) is 0.357. The average molecular weight is 281 g/mol. The highest BCUT2D eigenvalue weighted by atomic mass is 35.5. The van der Waals surface area contributed by atoms with Gasteiger partial charge in [-0.05, 0) is 18.6 Å². The summed E-state index contributed by atoms with van der Waals surface area (Å²) in [5.41, 5.74) is 3.53. The monoisotopic (exact) mass is 280 g/mol. The molecule has 1 aliphatic rings. The van der Waals surface area contributed by atoms with Crippen LogP contribution in [0.1, 0.15) is 24.2 Å². The molecule has 0 aliphatic carbocycles. The van der Waals surface area contributed by atoms with Crippen molar-refractivity contribution in [2.45, 2.75) is 25.4 Å². The zero-order valence-corrected chi connectivity index (χ0v) is 11.7. The van der Waals surface area contributed by atoms with Crippen LogP contribution in [0.3, 0.4) is 0 Å². The van der Waals surface area contributed by atoms with E-state index in [-0.39, 0.29) is 30.5 Å². The van der Waals surface area contributed by atoms with E-state index in [0.29, 0.717) is 6.42 Å². The van der Waals surface area contributed by atoms with Crippen molar-refractivity contribution in [1.29, 1.82) is 0 Å². The van der Waals surface area contributed by atoms with Crippen molar-refractivity contribution in [1.82, 2.24) is 10.3 Å². The number of rotatable bonds is 1. The highest BCUT2D eigenvalue weighted by Gasteiger charge is 2.31. The van der Waals surface area contributed by atoms with E-state index in [4.69, 9.17) is 4.74 Å². The van der Waals surface area contributed by atoms with Crippen molar-refractivity contribution < 1.29 is 9.53 Å². The predicted octanol–water partition coefficient (Wildman–Crippen LogP) is 2.34. The Morgan fingerprint density at radius 2 is 2.11 bits per heavy atom. The lowest BCUT2D eigenvalue weighted by atomic mass is 9.95. The molecule has 2 atom stereocenters. The van der Waals surface area contributed by atoms with Crippen LogP contribution >= 0.6 is 12.4 Å². The van der Waals surface area contributed by atoms with Gasteiger partial charge in [-0.3, -0.25) is 10.1 Å². The van der Waals surface area contributed by atoms with Crippen LogP contribution in [0.2, 0.25) is 0 Å². The highest BCUT2D eigenvalue weighted by Crippen LogP contribution is 2.31. The third-order valence-corrected chi connectivity index (χ3v) is 3.62. The molecule has 5 heteroatoms. The number of benzene rings is 1.